The maximum absolute atomic E-state index is 10.7. The topological polar surface area (TPSA) is 56.0 Å². The molecular weight excluding hydrogens is 220 g/mol. The van der Waals surface area contributed by atoms with Gasteiger partial charge < -0.3 is 5.73 Å². The number of nitrogens with zero attached hydrogens (tertiary/aromatic N) is 1. The van der Waals surface area contributed by atoms with Gasteiger partial charge in [0.25, 0.3) is 0 Å². The zero-order valence-corrected chi connectivity index (χ0v) is 8.73. The van der Waals surface area contributed by atoms with Gasteiger partial charge in [0.2, 0.25) is 5.91 Å². The summed E-state index contributed by atoms with van der Waals surface area (Å²) < 4.78 is 5.06. The smallest absolute Gasteiger partial charge is 0.223 e. The molecule has 14 heavy (non-hydrogen) atoms. The minimum atomic E-state index is -0.378. The van der Waals surface area contributed by atoms with E-state index in [9.17, 15) is 4.79 Å². The summed E-state index contributed by atoms with van der Waals surface area (Å²) in [5.41, 5.74) is 5.81. The summed E-state index contributed by atoms with van der Waals surface area (Å²) in [6, 6.07) is 5.53. The Morgan fingerprint density at radius 1 is 1.57 bits per heavy atom. The first-order valence-electron chi connectivity index (χ1n) is 3.99. The van der Waals surface area contributed by atoms with Crippen LogP contribution in [0.3, 0.4) is 0 Å². The molecule has 0 aliphatic heterocycles. The number of benzene rings is 1. The average Bonchev–Trinajstić information content (AvgIpc) is 2.49. The van der Waals surface area contributed by atoms with Crippen LogP contribution >= 0.6 is 23.1 Å². The van der Waals surface area contributed by atoms with E-state index in [4.69, 9.17) is 17.3 Å². The molecule has 0 atom stereocenters. The molecule has 0 aliphatic carbocycles. The van der Waals surface area contributed by atoms with Crippen LogP contribution in [0.15, 0.2) is 18.2 Å². The van der Waals surface area contributed by atoms with E-state index in [1.807, 2.05) is 12.1 Å². The van der Waals surface area contributed by atoms with Crippen molar-refractivity contribution in [3.8, 4) is 0 Å². The molecule has 1 aromatic heterocycles. The highest BCUT2D eigenvalue weighted by Gasteiger charge is 2.10. The summed E-state index contributed by atoms with van der Waals surface area (Å²) in [6.45, 7) is 0. The third-order valence-corrected chi connectivity index (χ3v) is 3.23. The zero-order valence-electron chi connectivity index (χ0n) is 7.16. The summed E-state index contributed by atoms with van der Waals surface area (Å²) in [7, 11) is 0. The van der Waals surface area contributed by atoms with Gasteiger partial charge in [0.05, 0.1) is 21.8 Å². The van der Waals surface area contributed by atoms with Gasteiger partial charge in [-0.25, -0.2) is 0 Å². The minimum Gasteiger partial charge on any atom is -0.369 e. The third kappa shape index (κ3) is 1.58. The Labute approximate surface area is 89.6 Å². The van der Waals surface area contributed by atoms with E-state index < -0.39 is 0 Å². The summed E-state index contributed by atoms with van der Waals surface area (Å²) in [6.07, 6.45) is 0.167. The maximum Gasteiger partial charge on any atom is 0.223 e. The van der Waals surface area contributed by atoms with Crippen molar-refractivity contribution in [1.82, 2.24) is 4.37 Å². The summed E-state index contributed by atoms with van der Waals surface area (Å²) in [5, 5.41) is 1.58. The second kappa shape index (κ2) is 3.55. The van der Waals surface area contributed by atoms with E-state index in [0.29, 0.717) is 10.7 Å². The van der Waals surface area contributed by atoms with Gasteiger partial charge in [0.1, 0.15) is 0 Å². The van der Waals surface area contributed by atoms with E-state index in [1.165, 1.54) is 11.5 Å². The van der Waals surface area contributed by atoms with Crippen molar-refractivity contribution in [3.05, 3.63) is 28.9 Å². The largest absolute Gasteiger partial charge is 0.369 e. The normalized spacial score (nSPS) is 10.6. The van der Waals surface area contributed by atoms with Crippen molar-refractivity contribution in [3.63, 3.8) is 0 Å². The molecule has 2 N–H and O–H groups in total. The van der Waals surface area contributed by atoms with Gasteiger partial charge in [-0.15, -0.1) is 0 Å². The molecule has 0 aliphatic rings. The van der Waals surface area contributed by atoms with E-state index in [-0.39, 0.29) is 12.3 Å². The van der Waals surface area contributed by atoms with Crippen molar-refractivity contribution >= 4 is 39.1 Å². The number of carbonyl (C=O) groups excluding carboxylic acids is 1. The number of aromatic nitrogens is 1. The van der Waals surface area contributed by atoms with Crippen LogP contribution in [-0.4, -0.2) is 10.3 Å². The van der Waals surface area contributed by atoms with E-state index in [1.54, 1.807) is 6.07 Å². The fourth-order valence-corrected chi connectivity index (χ4v) is 2.35. The molecule has 5 heteroatoms. The fourth-order valence-electron chi connectivity index (χ4n) is 1.27. The van der Waals surface area contributed by atoms with Crippen molar-refractivity contribution in [2.24, 2.45) is 5.73 Å². The minimum absolute atomic E-state index is 0.167. The SMILES string of the molecule is NC(=O)Cc1nsc2c(Cl)cccc12. The number of rotatable bonds is 2. The highest BCUT2D eigenvalue weighted by Crippen LogP contribution is 2.29. The van der Waals surface area contributed by atoms with Crippen molar-refractivity contribution in [2.45, 2.75) is 6.42 Å². The summed E-state index contributed by atoms with van der Waals surface area (Å²) in [5.74, 6) is -0.378. The second-order valence-corrected chi connectivity index (χ2v) is 4.07. The first-order chi connectivity index (χ1) is 6.68. The van der Waals surface area contributed by atoms with Crippen LogP contribution in [-0.2, 0) is 11.2 Å². The van der Waals surface area contributed by atoms with Gasteiger partial charge >= 0.3 is 0 Å². The predicted molar refractivity (Wildman–Crippen MR) is 57.5 cm³/mol. The molecular formula is C9H7ClN2OS. The lowest BCUT2D eigenvalue weighted by molar-refractivity contribution is -0.117. The van der Waals surface area contributed by atoms with E-state index >= 15 is 0 Å². The lowest BCUT2D eigenvalue weighted by Gasteiger charge is -1.94. The molecule has 0 unspecified atom stereocenters. The standard InChI is InChI=1S/C9H7ClN2OS/c10-6-3-1-2-5-7(4-8(11)13)12-14-9(5)6/h1-3H,4H2,(H2,11,13). The van der Waals surface area contributed by atoms with Gasteiger partial charge in [-0.05, 0) is 17.6 Å². The number of hydrogen-bond acceptors (Lipinski definition) is 3. The number of hydrogen-bond donors (Lipinski definition) is 1. The molecule has 3 nitrogen and oxygen atoms in total. The molecule has 0 saturated carbocycles. The molecule has 2 aromatic rings. The van der Waals surface area contributed by atoms with Gasteiger partial charge in [0, 0.05) is 5.39 Å². The third-order valence-electron chi connectivity index (χ3n) is 1.87. The number of amides is 1. The van der Waals surface area contributed by atoms with Crippen molar-refractivity contribution < 1.29 is 4.79 Å². The summed E-state index contributed by atoms with van der Waals surface area (Å²) >= 11 is 7.25. The Kier molecular flexibility index (Phi) is 2.39. The molecule has 2 rings (SSSR count). The monoisotopic (exact) mass is 226 g/mol. The van der Waals surface area contributed by atoms with Crippen molar-refractivity contribution in [2.75, 3.05) is 0 Å². The first kappa shape index (κ1) is 9.43. The van der Waals surface area contributed by atoms with Crippen LogP contribution in [0, 0.1) is 0 Å². The zero-order chi connectivity index (χ0) is 10.1. The number of halogens is 1. The molecule has 1 amide bonds. The molecule has 1 heterocycles. The Balaban J connectivity index is 2.58. The van der Waals surface area contributed by atoms with Crippen LogP contribution in [0.25, 0.3) is 10.1 Å². The van der Waals surface area contributed by atoms with Crippen LogP contribution in [0.1, 0.15) is 5.69 Å². The Hall–Kier alpha value is -1.13. The lowest BCUT2D eigenvalue weighted by Crippen LogP contribution is -2.13. The average molecular weight is 227 g/mol. The molecule has 0 fully saturated rings. The second-order valence-electron chi connectivity index (χ2n) is 2.89. The Morgan fingerprint density at radius 2 is 2.36 bits per heavy atom. The predicted octanol–water partition coefficient (Wildman–Crippen LogP) is 1.98. The molecule has 0 saturated heterocycles. The van der Waals surface area contributed by atoms with Crippen LogP contribution in [0.5, 0.6) is 0 Å². The van der Waals surface area contributed by atoms with Gasteiger partial charge in [-0.2, -0.15) is 4.37 Å². The molecule has 0 spiro atoms. The van der Waals surface area contributed by atoms with E-state index in [2.05, 4.69) is 4.37 Å². The van der Waals surface area contributed by atoms with Gasteiger partial charge in [-0.3, -0.25) is 4.79 Å². The van der Waals surface area contributed by atoms with E-state index in [0.717, 1.165) is 10.1 Å². The lowest BCUT2D eigenvalue weighted by atomic mass is 10.2. The number of primary amides is 1. The molecule has 1 aromatic carbocycles. The molecule has 0 radical (unpaired) electrons. The van der Waals surface area contributed by atoms with Crippen LogP contribution in [0.2, 0.25) is 5.02 Å². The maximum atomic E-state index is 10.7. The Morgan fingerprint density at radius 3 is 3.07 bits per heavy atom. The van der Waals surface area contributed by atoms with Gasteiger partial charge in [0.15, 0.2) is 0 Å². The quantitative estimate of drug-likeness (QED) is 0.851. The van der Waals surface area contributed by atoms with Crippen LogP contribution < -0.4 is 5.73 Å². The number of nitrogens with two attached hydrogens (primary N) is 1. The van der Waals surface area contributed by atoms with Gasteiger partial charge in [-0.1, -0.05) is 23.7 Å². The fraction of sp³-hybridized carbons (Fsp3) is 0.111. The Bertz CT molecular complexity index is 495. The number of carbonyl (C=O) groups is 1. The molecule has 72 valence electrons. The van der Waals surface area contributed by atoms with Crippen molar-refractivity contribution in [1.29, 1.82) is 0 Å². The molecule has 0 bridgehead atoms. The highest BCUT2D eigenvalue weighted by molar-refractivity contribution is 7.14. The first-order valence-corrected chi connectivity index (χ1v) is 5.14. The van der Waals surface area contributed by atoms with Crippen LogP contribution in [0.4, 0.5) is 0 Å². The number of fused-ring (bicyclic) bond motifs is 1. The summed E-state index contributed by atoms with van der Waals surface area (Å²) in [4.78, 5) is 10.7. The highest BCUT2D eigenvalue weighted by atomic mass is 35.5.